The van der Waals surface area contributed by atoms with Crippen molar-refractivity contribution < 1.29 is 19.1 Å². The standard InChI is InChI=1S/C24H14Cl4N2O4/c25-15-5-3-6-17(10-15)30-23(32)18(22(31)29-24(30)33)9-14-8-16(26)11-20(28)21(14)34-12-13-4-1-2-7-19(13)27/h1-11H,12H2,(H,29,31,33)/b18-9+. The van der Waals surface area contributed by atoms with E-state index < -0.39 is 17.8 Å². The molecule has 0 unspecified atom stereocenters. The van der Waals surface area contributed by atoms with Crippen molar-refractivity contribution in [2.75, 3.05) is 4.90 Å². The van der Waals surface area contributed by atoms with Gasteiger partial charge in [-0.1, -0.05) is 70.7 Å². The van der Waals surface area contributed by atoms with Crippen LogP contribution in [-0.4, -0.2) is 17.8 Å². The Morgan fingerprint density at radius 1 is 0.853 bits per heavy atom. The van der Waals surface area contributed by atoms with Gasteiger partial charge in [0.1, 0.15) is 17.9 Å². The number of barbiturate groups is 1. The van der Waals surface area contributed by atoms with E-state index in [1.807, 2.05) is 6.07 Å². The fraction of sp³-hybridized carbons (Fsp3) is 0.0417. The Kier molecular flexibility index (Phi) is 7.14. The van der Waals surface area contributed by atoms with Gasteiger partial charge in [-0.25, -0.2) is 9.69 Å². The Hall–Kier alpha value is -3.03. The number of halogens is 4. The molecule has 1 saturated heterocycles. The Morgan fingerprint density at radius 3 is 2.35 bits per heavy atom. The molecule has 1 aliphatic rings. The van der Waals surface area contributed by atoms with Gasteiger partial charge in [0, 0.05) is 26.2 Å². The number of imide groups is 2. The summed E-state index contributed by atoms with van der Waals surface area (Å²) in [4.78, 5) is 39.0. The van der Waals surface area contributed by atoms with Gasteiger partial charge in [0.25, 0.3) is 11.8 Å². The summed E-state index contributed by atoms with van der Waals surface area (Å²) in [6, 6.07) is 15.3. The second-order valence-electron chi connectivity index (χ2n) is 7.12. The van der Waals surface area contributed by atoms with Gasteiger partial charge in [-0.2, -0.15) is 0 Å². The molecular weight excluding hydrogens is 522 g/mol. The van der Waals surface area contributed by atoms with E-state index in [9.17, 15) is 14.4 Å². The van der Waals surface area contributed by atoms with Crippen molar-refractivity contribution in [3.8, 4) is 5.75 Å². The number of hydrogen-bond donors (Lipinski definition) is 1. The number of carbonyl (C=O) groups is 3. The van der Waals surface area contributed by atoms with Crippen LogP contribution in [0, 0.1) is 0 Å². The highest BCUT2D eigenvalue weighted by atomic mass is 35.5. The normalized spacial score (nSPS) is 15.0. The average Bonchev–Trinajstić information content (AvgIpc) is 2.77. The minimum atomic E-state index is -0.895. The highest BCUT2D eigenvalue weighted by molar-refractivity contribution is 6.40. The first-order chi connectivity index (χ1) is 16.2. The molecule has 1 heterocycles. The van der Waals surface area contributed by atoms with Gasteiger partial charge in [-0.05, 0) is 42.5 Å². The predicted octanol–water partition coefficient (Wildman–Crippen LogP) is 6.55. The first-order valence-electron chi connectivity index (χ1n) is 9.77. The number of hydrogen-bond acceptors (Lipinski definition) is 4. The van der Waals surface area contributed by atoms with Crippen LogP contribution in [0.1, 0.15) is 11.1 Å². The highest BCUT2D eigenvalue weighted by Gasteiger charge is 2.37. The van der Waals surface area contributed by atoms with E-state index in [1.165, 1.54) is 30.3 Å². The Balaban J connectivity index is 1.73. The van der Waals surface area contributed by atoms with Gasteiger partial charge in [-0.15, -0.1) is 0 Å². The zero-order valence-corrected chi connectivity index (χ0v) is 20.2. The number of rotatable bonds is 5. The third-order valence-electron chi connectivity index (χ3n) is 4.83. The SMILES string of the molecule is O=C1NC(=O)N(c2cccc(Cl)c2)C(=O)/C1=C/c1cc(Cl)cc(Cl)c1OCc1ccccc1Cl. The Bertz CT molecular complexity index is 1360. The molecule has 0 saturated carbocycles. The third-order valence-corrected chi connectivity index (χ3v) is 5.94. The number of amides is 4. The first kappa shape index (κ1) is 24.1. The van der Waals surface area contributed by atoms with Crippen molar-refractivity contribution in [3.63, 3.8) is 0 Å². The summed E-state index contributed by atoms with van der Waals surface area (Å²) in [5, 5.41) is 3.40. The van der Waals surface area contributed by atoms with Crippen LogP contribution in [0.25, 0.3) is 6.08 Å². The maximum atomic E-state index is 13.2. The number of ether oxygens (including phenoxy) is 1. The quantitative estimate of drug-likeness (QED) is 0.297. The summed E-state index contributed by atoms with van der Waals surface area (Å²) in [7, 11) is 0. The molecule has 1 N–H and O–H groups in total. The maximum Gasteiger partial charge on any atom is 0.335 e. The molecule has 4 rings (SSSR count). The monoisotopic (exact) mass is 534 g/mol. The number of anilines is 1. The van der Waals surface area contributed by atoms with E-state index in [-0.39, 0.29) is 39.2 Å². The molecular formula is C24H14Cl4N2O4. The lowest BCUT2D eigenvalue weighted by Gasteiger charge is -2.26. The van der Waals surface area contributed by atoms with Gasteiger partial charge in [0.15, 0.2) is 0 Å². The van der Waals surface area contributed by atoms with Crippen molar-refractivity contribution in [2.45, 2.75) is 6.61 Å². The largest absolute Gasteiger partial charge is 0.487 e. The van der Waals surface area contributed by atoms with E-state index in [4.69, 9.17) is 51.1 Å². The minimum absolute atomic E-state index is 0.0739. The lowest BCUT2D eigenvalue weighted by molar-refractivity contribution is -0.122. The molecule has 4 amide bonds. The van der Waals surface area contributed by atoms with Crippen LogP contribution in [-0.2, 0) is 16.2 Å². The van der Waals surface area contributed by atoms with E-state index in [0.29, 0.717) is 15.6 Å². The van der Waals surface area contributed by atoms with Gasteiger partial charge < -0.3 is 4.74 Å². The van der Waals surface area contributed by atoms with E-state index in [1.54, 1.807) is 30.3 Å². The minimum Gasteiger partial charge on any atom is -0.487 e. The van der Waals surface area contributed by atoms with Crippen LogP contribution in [0.5, 0.6) is 5.75 Å². The van der Waals surface area contributed by atoms with Gasteiger partial charge in [0.05, 0.1) is 10.7 Å². The fourth-order valence-corrected chi connectivity index (χ4v) is 4.21. The zero-order valence-electron chi connectivity index (χ0n) is 17.2. The molecule has 34 heavy (non-hydrogen) atoms. The highest BCUT2D eigenvalue weighted by Crippen LogP contribution is 2.36. The number of benzene rings is 3. The molecule has 0 spiro atoms. The zero-order chi connectivity index (χ0) is 24.4. The molecule has 10 heteroatoms. The summed E-state index contributed by atoms with van der Waals surface area (Å²) < 4.78 is 5.89. The van der Waals surface area contributed by atoms with Crippen molar-refractivity contribution in [3.05, 3.63) is 97.5 Å². The van der Waals surface area contributed by atoms with Crippen LogP contribution >= 0.6 is 46.4 Å². The molecule has 0 radical (unpaired) electrons. The molecule has 1 fully saturated rings. The average molecular weight is 536 g/mol. The first-order valence-corrected chi connectivity index (χ1v) is 11.3. The summed E-state index contributed by atoms with van der Waals surface area (Å²) in [5.41, 5.74) is 0.856. The molecule has 3 aromatic carbocycles. The Labute approximate surface area is 214 Å². The number of carbonyl (C=O) groups excluding carboxylic acids is 3. The number of nitrogens with one attached hydrogen (secondary N) is 1. The van der Waals surface area contributed by atoms with Crippen LogP contribution < -0.4 is 15.0 Å². The number of urea groups is 1. The van der Waals surface area contributed by atoms with Crippen LogP contribution in [0.4, 0.5) is 10.5 Å². The van der Waals surface area contributed by atoms with Crippen molar-refractivity contribution in [1.82, 2.24) is 5.32 Å². The Morgan fingerprint density at radius 2 is 1.62 bits per heavy atom. The second-order valence-corrected chi connectivity index (χ2v) is 8.81. The van der Waals surface area contributed by atoms with Crippen LogP contribution in [0.3, 0.4) is 0 Å². The summed E-state index contributed by atoms with van der Waals surface area (Å²) in [6.45, 7) is 0.0739. The smallest absolute Gasteiger partial charge is 0.335 e. The predicted molar refractivity (Wildman–Crippen MR) is 133 cm³/mol. The topological polar surface area (TPSA) is 75.7 Å². The van der Waals surface area contributed by atoms with Crippen LogP contribution in [0.15, 0.2) is 66.2 Å². The summed E-state index contributed by atoms with van der Waals surface area (Å²) >= 11 is 24.7. The van der Waals surface area contributed by atoms with E-state index in [0.717, 1.165) is 4.90 Å². The van der Waals surface area contributed by atoms with Crippen molar-refractivity contribution in [1.29, 1.82) is 0 Å². The van der Waals surface area contributed by atoms with E-state index >= 15 is 0 Å². The van der Waals surface area contributed by atoms with Gasteiger partial charge in [-0.3, -0.25) is 14.9 Å². The summed E-state index contributed by atoms with van der Waals surface area (Å²) in [5.74, 6) is -1.53. The fourth-order valence-electron chi connectivity index (χ4n) is 3.27. The van der Waals surface area contributed by atoms with Gasteiger partial charge in [0.2, 0.25) is 0 Å². The lowest BCUT2D eigenvalue weighted by atomic mass is 10.1. The molecule has 172 valence electrons. The molecule has 0 bridgehead atoms. The van der Waals surface area contributed by atoms with Crippen LogP contribution in [0.2, 0.25) is 20.1 Å². The molecule has 0 aromatic heterocycles. The van der Waals surface area contributed by atoms with E-state index in [2.05, 4.69) is 5.32 Å². The summed E-state index contributed by atoms with van der Waals surface area (Å²) in [6.07, 6.45) is 1.27. The molecule has 1 aliphatic heterocycles. The van der Waals surface area contributed by atoms with Crippen molar-refractivity contribution in [2.24, 2.45) is 0 Å². The molecule has 6 nitrogen and oxygen atoms in total. The maximum absolute atomic E-state index is 13.2. The second kappa shape index (κ2) is 10.1. The third kappa shape index (κ3) is 5.05. The number of nitrogens with zero attached hydrogens (tertiary/aromatic N) is 1. The molecule has 0 atom stereocenters. The lowest BCUT2D eigenvalue weighted by Crippen LogP contribution is -2.54. The van der Waals surface area contributed by atoms with Crippen molar-refractivity contribution >= 4 is 76.0 Å². The molecule has 3 aromatic rings. The molecule has 0 aliphatic carbocycles. The van der Waals surface area contributed by atoms with Gasteiger partial charge >= 0.3 is 6.03 Å².